The van der Waals surface area contributed by atoms with Crippen LogP contribution in [-0.4, -0.2) is 36.0 Å². The maximum absolute atomic E-state index is 13.2. The predicted molar refractivity (Wildman–Crippen MR) is 99.6 cm³/mol. The molecule has 1 fully saturated rings. The second-order valence-corrected chi connectivity index (χ2v) is 7.04. The Labute approximate surface area is 161 Å². The second kappa shape index (κ2) is 8.04. The van der Waals surface area contributed by atoms with Gasteiger partial charge in [0.25, 0.3) is 0 Å². The summed E-state index contributed by atoms with van der Waals surface area (Å²) >= 11 is 0. The lowest BCUT2D eigenvalue weighted by Crippen LogP contribution is -2.39. The molecule has 1 aliphatic rings. The molecule has 28 heavy (non-hydrogen) atoms. The largest absolute Gasteiger partial charge is 0.406 e. The Hall–Kier alpha value is -2.83. The first-order chi connectivity index (χ1) is 13.2. The van der Waals surface area contributed by atoms with Crippen molar-refractivity contribution in [1.82, 2.24) is 4.90 Å². The Morgan fingerprint density at radius 3 is 2.36 bits per heavy atom. The Morgan fingerprint density at radius 2 is 1.75 bits per heavy atom. The van der Waals surface area contributed by atoms with Crippen LogP contribution < -0.4 is 4.90 Å². The molecular formula is C21H21F3N2O2. The summed E-state index contributed by atoms with van der Waals surface area (Å²) in [6, 6.07) is 16.7. The smallest absolute Gasteiger partial charge is 0.333 e. The highest BCUT2D eigenvalue weighted by Crippen LogP contribution is 2.28. The third kappa shape index (κ3) is 4.91. The van der Waals surface area contributed by atoms with Crippen molar-refractivity contribution in [2.75, 3.05) is 18.0 Å². The van der Waals surface area contributed by atoms with Crippen LogP contribution in [0.5, 0.6) is 0 Å². The number of likely N-dealkylation sites (tertiary alicyclic amines) is 1. The van der Waals surface area contributed by atoms with E-state index in [0.29, 0.717) is 5.69 Å². The third-order valence-corrected chi connectivity index (χ3v) is 4.73. The molecule has 4 nitrogen and oxygen atoms in total. The lowest BCUT2D eigenvalue weighted by molar-refractivity contribution is -0.157. The van der Waals surface area contributed by atoms with E-state index >= 15 is 0 Å². The minimum absolute atomic E-state index is 0.202. The van der Waals surface area contributed by atoms with Gasteiger partial charge in [-0.15, -0.1) is 0 Å². The molecule has 0 spiro atoms. The zero-order valence-corrected chi connectivity index (χ0v) is 15.4. The quantitative estimate of drug-likeness (QED) is 0.776. The molecule has 3 rings (SSSR count). The molecule has 0 aromatic heterocycles. The highest BCUT2D eigenvalue weighted by atomic mass is 19.4. The highest BCUT2D eigenvalue weighted by molar-refractivity contribution is 5.99. The van der Waals surface area contributed by atoms with E-state index in [0.717, 1.165) is 16.0 Å². The summed E-state index contributed by atoms with van der Waals surface area (Å²) in [5, 5.41) is 0. The molecule has 2 aromatic rings. The topological polar surface area (TPSA) is 40.6 Å². The number of aryl methyl sites for hydroxylation is 1. The summed E-state index contributed by atoms with van der Waals surface area (Å²) in [4.78, 5) is 27.4. The monoisotopic (exact) mass is 390 g/mol. The molecule has 0 aliphatic carbocycles. The van der Waals surface area contributed by atoms with E-state index in [1.807, 2.05) is 49.4 Å². The minimum atomic E-state index is -4.48. The Balaban J connectivity index is 1.82. The van der Waals surface area contributed by atoms with Crippen LogP contribution in [0.25, 0.3) is 0 Å². The van der Waals surface area contributed by atoms with Gasteiger partial charge in [0.15, 0.2) is 0 Å². The van der Waals surface area contributed by atoms with Crippen molar-refractivity contribution in [3.63, 3.8) is 0 Å². The first kappa shape index (κ1) is 19.9. The van der Waals surface area contributed by atoms with Crippen LogP contribution in [0.2, 0.25) is 0 Å². The van der Waals surface area contributed by atoms with Crippen LogP contribution in [0, 0.1) is 12.8 Å². The minimum Gasteiger partial charge on any atom is -0.333 e. The van der Waals surface area contributed by atoms with E-state index in [-0.39, 0.29) is 25.4 Å². The van der Waals surface area contributed by atoms with E-state index in [2.05, 4.69) is 0 Å². The molecular weight excluding hydrogens is 369 g/mol. The number of nitrogens with zero attached hydrogens (tertiary/aromatic N) is 2. The molecule has 0 bridgehead atoms. The molecule has 148 valence electrons. The Kier molecular flexibility index (Phi) is 5.72. The maximum atomic E-state index is 13.2. The number of rotatable bonds is 5. The number of benzene rings is 2. The first-order valence-corrected chi connectivity index (χ1v) is 8.99. The summed E-state index contributed by atoms with van der Waals surface area (Å²) in [6.07, 6.45) is -4.68. The van der Waals surface area contributed by atoms with Crippen molar-refractivity contribution < 1.29 is 22.8 Å². The molecule has 1 heterocycles. The van der Waals surface area contributed by atoms with Gasteiger partial charge in [0.05, 0.1) is 12.5 Å². The molecule has 2 aromatic carbocycles. The average Bonchev–Trinajstić information content (AvgIpc) is 3.00. The van der Waals surface area contributed by atoms with Crippen LogP contribution in [0.4, 0.5) is 18.9 Å². The fourth-order valence-corrected chi connectivity index (χ4v) is 3.31. The zero-order valence-electron chi connectivity index (χ0n) is 15.4. The van der Waals surface area contributed by atoms with Crippen molar-refractivity contribution >= 4 is 17.5 Å². The first-order valence-electron chi connectivity index (χ1n) is 8.99. The van der Waals surface area contributed by atoms with Gasteiger partial charge in [0.1, 0.15) is 6.54 Å². The maximum Gasteiger partial charge on any atom is 0.406 e. The van der Waals surface area contributed by atoms with Gasteiger partial charge in [0, 0.05) is 18.7 Å². The van der Waals surface area contributed by atoms with Gasteiger partial charge < -0.3 is 9.80 Å². The van der Waals surface area contributed by atoms with Gasteiger partial charge >= 0.3 is 6.18 Å². The predicted octanol–water partition coefficient (Wildman–Crippen LogP) is 3.94. The summed E-state index contributed by atoms with van der Waals surface area (Å²) in [5.41, 5.74) is 2.58. The number of halogens is 3. The van der Waals surface area contributed by atoms with Gasteiger partial charge in [-0.1, -0.05) is 48.0 Å². The van der Waals surface area contributed by atoms with Crippen molar-refractivity contribution in [2.24, 2.45) is 5.92 Å². The van der Waals surface area contributed by atoms with Gasteiger partial charge in [0.2, 0.25) is 11.8 Å². The van der Waals surface area contributed by atoms with Crippen LogP contribution in [0.15, 0.2) is 54.6 Å². The van der Waals surface area contributed by atoms with Crippen molar-refractivity contribution in [3.8, 4) is 0 Å². The number of alkyl halides is 3. The Bertz CT molecular complexity index is 835. The van der Waals surface area contributed by atoms with Crippen molar-refractivity contribution in [1.29, 1.82) is 0 Å². The average molecular weight is 390 g/mol. The molecule has 0 radical (unpaired) electrons. The lowest BCUT2D eigenvalue weighted by atomic mass is 10.1. The van der Waals surface area contributed by atoms with Crippen LogP contribution in [-0.2, 0) is 16.1 Å². The summed E-state index contributed by atoms with van der Waals surface area (Å²) in [6.45, 7) is 0.678. The molecule has 1 saturated heterocycles. The van der Waals surface area contributed by atoms with E-state index in [1.54, 1.807) is 17.0 Å². The molecule has 7 heteroatoms. The van der Waals surface area contributed by atoms with Gasteiger partial charge in [-0.2, -0.15) is 13.2 Å². The summed E-state index contributed by atoms with van der Waals surface area (Å²) < 4.78 is 38.0. The van der Waals surface area contributed by atoms with E-state index in [4.69, 9.17) is 0 Å². The van der Waals surface area contributed by atoms with Crippen molar-refractivity contribution in [3.05, 3.63) is 65.7 Å². The molecule has 1 aliphatic heterocycles. The normalized spacial score (nSPS) is 17.1. The number of hydrogen-bond donors (Lipinski definition) is 0. The molecule has 0 N–H and O–H groups in total. The number of carbonyl (C=O) groups is 2. The summed E-state index contributed by atoms with van der Waals surface area (Å²) in [5.74, 6) is -1.77. The van der Waals surface area contributed by atoms with E-state index in [1.165, 1.54) is 0 Å². The standard InChI is InChI=1S/C21H21F3N2O2/c1-15-7-9-18(10-8-15)26(12-16-5-3-2-4-6-16)20(28)17-11-19(27)25(13-17)14-21(22,23)24/h2-10,17H,11-14H2,1H3. The summed E-state index contributed by atoms with van der Waals surface area (Å²) in [7, 11) is 0. The molecule has 1 atom stereocenters. The van der Waals surface area contributed by atoms with E-state index in [9.17, 15) is 22.8 Å². The fourth-order valence-electron chi connectivity index (χ4n) is 3.31. The van der Waals surface area contributed by atoms with Crippen LogP contribution >= 0.6 is 0 Å². The number of amides is 2. The van der Waals surface area contributed by atoms with Gasteiger partial charge in [-0.05, 0) is 24.6 Å². The fraction of sp³-hybridized carbons (Fsp3) is 0.333. The van der Waals surface area contributed by atoms with Crippen LogP contribution in [0.1, 0.15) is 17.5 Å². The molecule has 0 saturated carbocycles. The number of anilines is 1. The van der Waals surface area contributed by atoms with Gasteiger partial charge in [-0.3, -0.25) is 9.59 Å². The van der Waals surface area contributed by atoms with Gasteiger partial charge in [-0.25, -0.2) is 0 Å². The lowest BCUT2D eigenvalue weighted by Gasteiger charge is -2.26. The highest BCUT2D eigenvalue weighted by Gasteiger charge is 2.41. The van der Waals surface area contributed by atoms with Crippen LogP contribution in [0.3, 0.4) is 0 Å². The molecule has 2 amide bonds. The number of hydrogen-bond acceptors (Lipinski definition) is 2. The Morgan fingerprint density at radius 1 is 1.11 bits per heavy atom. The third-order valence-electron chi connectivity index (χ3n) is 4.73. The van der Waals surface area contributed by atoms with Crippen molar-refractivity contribution in [2.45, 2.75) is 26.1 Å². The zero-order chi connectivity index (χ0) is 20.3. The second-order valence-electron chi connectivity index (χ2n) is 7.04. The molecule has 1 unspecified atom stereocenters. The van der Waals surface area contributed by atoms with E-state index < -0.39 is 24.5 Å². The number of carbonyl (C=O) groups excluding carboxylic acids is 2. The SMILES string of the molecule is Cc1ccc(N(Cc2ccccc2)C(=O)C2CC(=O)N(CC(F)(F)F)C2)cc1.